The van der Waals surface area contributed by atoms with E-state index in [-0.39, 0.29) is 6.61 Å². The van der Waals surface area contributed by atoms with Gasteiger partial charge in [0.15, 0.2) is 5.82 Å². The smallest absolute Gasteiger partial charge is 0.413 e. The van der Waals surface area contributed by atoms with Gasteiger partial charge >= 0.3 is 12.1 Å². The number of amides is 1. The summed E-state index contributed by atoms with van der Waals surface area (Å²) in [4.78, 5) is 30.3. The number of aliphatic carboxylic acids is 1. The third-order valence-electron chi connectivity index (χ3n) is 5.14. The van der Waals surface area contributed by atoms with Crippen LogP contribution in [0.1, 0.15) is 33.0 Å². The number of thiazole rings is 1. The summed E-state index contributed by atoms with van der Waals surface area (Å²) in [7, 11) is 0. The molecule has 1 aliphatic carbocycles. The van der Waals surface area contributed by atoms with E-state index in [9.17, 15) is 14.7 Å². The van der Waals surface area contributed by atoms with Crippen molar-refractivity contribution in [2.24, 2.45) is 0 Å². The average Bonchev–Trinajstić information content (AvgIpc) is 3.11. The lowest BCUT2D eigenvalue weighted by Crippen LogP contribution is -2.17. The lowest BCUT2D eigenvalue weighted by molar-refractivity contribution is -0.139. The highest BCUT2D eigenvalue weighted by atomic mass is 32.1. The molecule has 0 bridgehead atoms. The summed E-state index contributed by atoms with van der Waals surface area (Å²) in [5.74, 6) is 5.84. The number of anilines is 1. The Labute approximate surface area is 195 Å². The van der Waals surface area contributed by atoms with Crippen LogP contribution in [0.3, 0.4) is 0 Å². The van der Waals surface area contributed by atoms with Crippen molar-refractivity contribution in [3.8, 4) is 11.8 Å². The third kappa shape index (κ3) is 4.12. The minimum atomic E-state index is -0.737. The Morgan fingerprint density at radius 3 is 2.62 bits per heavy atom. The van der Waals surface area contributed by atoms with Gasteiger partial charge in [-0.1, -0.05) is 30.3 Å². The molecule has 1 aliphatic rings. The molecule has 4 aromatic rings. The maximum absolute atomic E-state index is 12.1. The second-order valence-corrected chi connectivity index (χ2v) is 10.3. The number of carbonyl (C=O) groups is 2. The Morgan fingerprint density at radius 2 is 1.91 bits per heavy atom. The van der Waals surface area contributed by atoms with E-state index in [1.807, 2.05) is 42.5 Å². The third-order valence-corrected chi connectivity index (χ3v) is 8.29. The van der Waals surface area contributed by atoms with Gasteiger partial charge in [-0.3, -0.25) is 10.1 Å². The van der Waals surface area contributed by atoms with Crippen LogP contribution in [0.15, 0.2) is 48.0 Å². The second kappa shape index (κ2) is 8.39. The predicted octanol–water partition coefficient (Wildman–Crippen LogP) is 5.68. The first-order chi connectivity index (χ1) is 15.5. The normalized spacial score (nSPS) is 13.9. The van der Waals surface area contributed by atoms with Gasteiger partial charge in [0.05, 0.1) is 10.4 Å². The topological polar surface area (TPSA) is 88.5 Å². The first-order valence-electron chi connectivity index (χ1n) is 9.74. The van der Waals surface area contributed by atoms with Crippen LogP contribution in [0.5, 0.6) is 0 Å². The zero-order valence-corrected chi connectivity index (χ0v) is 19.0. The Kier molecular flexibility index (Phi) is 5.43. The van der Waals surface area contributed by atoms with Crippen molar-refractivity contribution in [1.29, 1.82) is 0 Å². The first-order valence-corrected chi connectivity index (χ1v) is 12.3. The van der Waals surface area contributed by atoms with Crippen molar-refractivity contribution in [1.82, 2.24) is 4.98 Å². The summed E-state index contributed by atoms with van der Waals surface area (Å²) >= 11 is 4.41. The molecule has 0 saturated heterocycles. The summed E-state index contributed by atoms with van der Waals surface area (Å²) in [6.45, 7) is 0.176. The molecule has 1 aromatic carbocycles. The average molecular weight is 481 g/mol. The van der Waals surface area contributed by atoms with E-state index in [1.165, 1.54) is 34.0 Å². The first kappa shape index (κ1) is 20.7. The lowest BCUT2D eigenvalue weighted by Gasteiger charge is -2.05. The quantitative estimate of drug-likeness (QED) is 0.359. The Hall–Kier alpha value is -3.19. The number of fused-ring (bicyclic) bond motifs is 1. The number of thiophene rings is 2. The minimum Gasteiger partial charge on any atom is -0.481 e. The van der Waals surface area contributed by atoms with Crippen molar-refractivity contribution in [2.75, 3.05) is 5.32 Å². The van der Waals surface area contributed by atoms with E-state index < -0.39 is 17.5 Å². The molecule has 1 saturated carbocycles. The molecule has 2 N–H and O–H groups in total. The molecule has 0 radical (unpaired) electrons. The number of benzene rings is 1. The van der Waals surface area contributed by atoms with Crippen LogP contribution >= 0.6 is 34.0 Å². The molecule has 1 fully saturated rings. The highest BCUT2D eigenvalue weighted by Crippen LogP contribution is 2.52. The number of ether oxygens (including phenoxy) is 1. The molecule has 3 heterocycles. The monoisotopic (exact) mass is 480 g/mol. The molecule has 9 heteroatoms. The van der Waals surface area contributed by atoms with Crippen LogP contribution in [0.2, 0.25) is 0 Å². The zero-order valence-electron chi connectivity index (χ0n) is 16.6. The lowest BCUT2D eigenvalue weighted by atomic mass is 10.1. The molecule has 0 aliphatic heterocycles. The number of hydrogen-bond acceptors (Lipinski definition) is 7. The predicted molar refractivity (Wildman–Crippen MR) is 127 cm³/mol. The van der Waals surface area contributed by atoms with Crippen LogP contribution < -0.4 is 5.32 Å². The summed E-state index contributed by atoms with van der Waals surface area (Å²) in [6, 6.07) is 13.4. The minimum absolute atomic E-state index is 0.176. The van der Waals surface area contributed by atoms with Gasteiger partial charge in [0.1, 0.15) is 16.9 Å². The van der Waals surface area contributed by atoms with Crippen LogP contribution in [-0.2, 0) is 21.6 Å². The van der Waals surface area contributed by atoms with Crippen LogP contribution in [0.25, 0.3) is 9.40 Å². The van der Waals surface area contributed by atoms with Gasteiger partial charge in [0.25, 0.3) is 0 Å². The Morgan fingerprint density at radius 1 is 1.12 bits per heavy atom. The molecule has 32 heavy (non-hydrogen) atoms. The highest BCUT2D eigenvalue weighted by Gasteiger charge is 2.53. The van der Waals surface area contributed by atoms with E-state index in [0.717, 1.165) is 24.7 Å². The van der Waals surface area contributed by atoms with Crippen molar-refractivity contribution in [3.63, 3.8) is 0 Å². The summed E-state index contributed by atoms with van der Waals surface area (Å²) in [5, 5.41) is 12.1. The van der Waals surface area contributed by atoms with Gasteiger partial charge in [0.2, 0.25) is 0 Å². The van der Waals surface area contributed by atoms with Crippen molar-refractivity contribution in [3.05, 3.63) is 68.2 Å². The SMILES string of the molecule is O=C(Nc1ncsc1C#Cc1cc2sc(C3(C(=O)O)CC3)cc2s1)OCc1ccccc1. The van der Waals surface area contributed by atoms with Crippen LogP contribution in [-0.4, -0.2) is 22.2 Å². The van der Waals surface area contributed by atoms with Crippen molar-refractivity contribution in [2.45, 2.75) is 24.9 Å². The summed E-state index contributed by atoms with van der Waals surface area (Å²) in [6.07, 6.45) is 0.828. The van der Waals surface area contributed by atoms with E-state index >= 15 is 0 Å². The largest absolute Gasteiger partial charge is 0.481 e. The number of nitrogens with zero attached hydrogens (tertiary/aromatic N) is 1. The van der Waals surface area contributed by atoms with Crippen LogP contribution in [0.4, 0.5) is 10.6 Å². The van der Waals surface area contributed by atoms with E-state index in [0.29, 0.717) is 23.5 Å². The second-order valence-electron chi connectivity index (χ2n) is 7.30. The summed E-state index contributed by atoms with van der Waals surface area (Å²) in [5.41, 5.74) is 1.85. The van der Waals surface area contributed by atoms with Gasteiger partial charge in [-0.2, -0.15) is 0 Å². The molecule has 160 valence electrons. The number of rotatable bonds is 5. The summed E-state index contributed by atoms with van der Waals surface area (Å²) < 4.78 is 7.34. The molecule has 6 nitrogen and oxygen atoms in total. The Balaban J connectivity index is 1.26. The molecular weight excluding hydrogens is 464 g/mol. The number of carbonyl (C=O) groups excluding carboxylic acids is 1. The number of hydrogen-bond donors (Lipinski definition) is 2. The van der Waals surface area contributed by atoms with E-state index in [4.69, 9.17) is 4.74 Å². The fourth-order valence-corrected chi connectivity index (χ4v) is 6.30. The molecule has 3 aromatic heterocycles. The number of carboxylic acids is 1. The van der Waals surface area contributed by atoms with E-state index in [2.05, 4.69) is 22.1 Å². The number of carboxylic acid groups (broad SMARTS) is 1. The molecule has 5 rings (SSSR count). The van der Waals surface area contributed by atoms with E-state index in [1.54, 1.807) is 5.51 Å². The maximum Gasteiger partial charge on any atom is 0.413 e. The molecule has 0 atom stereocenters. The highest BCUT2D eigenvalue weighted by molar-refractivity contribution is 7.28. The molecular formula is C23H16N2O4S3. The van der Waals surface area contributed by atoms with Gasteiger partial charge in [0, 0.05) is 14.3 Å². The molecule has 0 spiro atoms. The molecule has 0 unspecified atom stereocenters. The number of nitrogens with one attached hydrogen (secondary N) is 1. The standard InChI is InChI=1S/C23H16N2O4S3/c26-21(27)23(8-9-23)19-11-18-17(32-19)10-15(31-18)6-7-16-20(24-13-30-16)25-22(28)29-12-14-4-2-1-3-5-14/h1-5,10-11,13H,8-9,12H2,(H,25,28)(H,26,27). The van der Waals surface area contributed by atoms with Crippen molar-refractivity contribution >= 4 is 61.3 Å². The fraction of sp³-hybridized carbons (Fsp3) is 0.174. The fourth-order valence-electron chi connectivity index (χ4n) is 3.22. The van der Waals surface area contributed by atoms with Gasteiger partial charge in [-0.15, -0.1) is 34.0 Å². The van der Waals surface area contributed by atoms with Gasteiger partial charge in [-0.25, -0.2) is 9.78 Å². The zero-order chi connectivity index (χ0) is 22.1. The Bertz CT molecular complexity index is 1340. The van der Waals surface area contributed by atoms with Crippen molar-refractivity contribution < 1.29 is 19.4 Å². The van der Waals surface area contributed by atoms with Crippen LogP contribution in [0, 0.1) is 11.8 Å². The molecule has 1 amide bonds. The number of aromatic nitrogens is 1. The maximum atomic E-state index is 12.1. The van der Waals surface area contributed by atoms with Gasteiger partial charge in [-0.05, 0) is 42.4 Å². The van der Waals surface area contributed by atoms with Gasteiger partial charge < -0.3 is 9.84 Å².